The molecule has 0 saturated carbocycles. The molecular formula is C16H19N3O3. The van der Waals surface area contributed by atoms with Gasteiger partial charge in [-0.3, -0.25) is 9.59 Å². The molecule has 6 nitrogen and oxygen atoms in total. The molecule has 1 aromatic heterocycles. The molecule has 22 heavy (non-hydrogen) atoms. The number of nitrogens with one attached hydrogen (secondary N) is 1. The van der Waals surface area contributed by atoms with Gasteiger partial charge >= 0.3 is 0 Å². The second kappa shape index (κ2) is 6.89. The van der Waals surface area contributed by atoms with Crippen molar-refractivity contribution in [3.63, 3.8) is 0 Å². The molecule has 1 heterocycles. The minimum absolute atomic E-state index is 0.186. The summed E-state index contributed by atoms with van der Waals surface area (Å²) in [4.78, 5) is 24.0. The van der Waals surface area contributed by atoms with Gasteiger partial charge in [0.05, 0.1) is 12.8 Å². The molecule has 116 valence electrons. The van der Waals surface area contributed by atoms with E-state index in [1.165, 1.54) is 23.9 Å². The van der Waals surface area contributed by atoms with E-state index in [9.17, 15) is 9.59 Å². The number of amides is 1. The number of ether oxygens (including phenoxy) is 1. The Morgan fingerprint density at radius 1 is 1.27 bits per heavy atom. The quantitative estimate of drug-likeness (QED) is 0.918. The Hall–Kier alpha value is -2.63. The second-order valence-electron chi connectivity index (χ2n) is 5.29. The summed E-state index contributed by atoms with van der Waals surface area (Å²) in [5, 5.41) is 6.85. The van der Waals surface area contributed by atoms with E-state index >= 15 is 0 Å². The Balaban J connectivity index is 2.24. The number of nitrogens with zero attached hydrogens (tertiary/aromatic N) is 2. The summed E-state index contributed by atoms with van der Waals surface area (Å²) < 4.78 is 6.49. The summed E-state index contributed by atoms with van der Waals surface area (Å²) in [6.45, 7) is 4.43. The Bertz CT molecular complexity index is 723. The zero-order valence-corrected chi connectivity index (χ0v) is 12.9. The molecule has 2 rings (SSSR count). The molecule has 1 amide bonds. The summed E-state index contributed by atoms with van der Waals surface area (Å²) >= 11 is 0. The first-order valence-electron chi connectivity index (χ1n) is 7.04. The lowest BCUT2D eigenvalue weighted by Gasteiger charge is -2.11. The van der Waals surface area contributed by atoms with Crippen LogP contribution in [0, 0.1) is 5.92 Å². The van der Waals surface area contributed by atoms with Gasteiger partial charge in [0, 0.05) is 12.6 Å². The zero-order valence-electron chi connectivity index (χ0n) is 12.9. The van der Waals surface area contributed by atoms with Gasteiger partial charge in [-0.15, -0.1) is 0 Å². The van der Waals surface area contributed by atoms with Crippen LogP contribution in [-0.4, -0.2) is 22.8 Å². The van der Waals surface area contributed by atoms with E-state index in [4.69, 9.17) is 4.74 Å². The zero-order chi connectivity index (χ0) is 16.1. The highest BCUT2D eigenvalue weighted by atomic mass is 16.5. The highest BCUT2D eigenvalue weighted by Gasteiger charge is 2.12. The molecule has 0 fully saturated rings. The van der Waals surface area contributed by atoms with Crippen molar-refractivity contribution >= 4 is 11.6 Å². The van der Waals surface area contributed by atoms with Crippen LogP contribution in [0.15, 0.2) is 41.2 Å². The Morgan fingerprint density at radius 2 is 2.00 bits per heavy atom. The van der Waals surface area contributed by atoms with Crippen LogP contribution >= 0.6 is 0 Å². The van der Waals surface area contributed by atoms with Crippen LogP contribution < -0.4 is 15.6 Å². The van der Waals surface area contributed by atoms with Gasteiger partial charge in [-0.25, -0.2) is 4.68 Å². The summed E-state index contributed by atoms with van der Waals surface area (Å²) in [6.07, 6.45) is 0. The maximum atomic E-state index is 12.3. The minimum Gasteiger partial charge on any atom is -0.495 e. The van der Waals surface area contributed by atoms with Gasteiger partial charge in [0.2, 0.25) is 0 Å². The van der Waals surface area contributed by atoms with Crippen molar-refractivity contribution in [1.29, 1.82) is 0 Å². The molecular weight excluding hydrogens is 282 g/mol. The van der Waals surface area contributed by atoms with Gasteiger partial charge in [-0.2, -0.15) is 5.10 Å². The maximum Gasteiger partial charge on any atom is 0.276 e. The number of rotatable bonds is 5. The van der Waals surface area contributed by atoms with Crippen LogP contribution in [-0.2, 0) is 6.54 Å². The smallest absolute Gasteiger partial charge is 0.276 e. The third-order valence-electron chi connectivity index (χ3n) is 2.99. The van der Waals surface area contributed by atoms with Gasteiger partial charge in [0.15, 0.2) is 0 Å². The molecule has 0 radical (unpaired) electrons. The molecule has 0 saturated heterocycles. The molecule has 1 aromatic carbocycles. The predicted octanol–water partition coefficient (Wildman–Crippen LogP) is 2.16. The van der Waals surface area contributed by atoms with Crippen LogP contribution in [0.3, 0.4) is 0 Å². The molecule has 2 aromatic rings. The second-order valence-corrected chi connectivity index (χ2v) is 5.29. The fourth-order valence-corrected chi connectivity index (χ4v) is 1.98. The number of aromatic nitrogens is 2. The van der Waals surface area contributed by atoms with Crippen LogP contribution in [0.4, 0.5) is 5.69 Å². The highest BCUT2D eigenvalue weighted by Crippen LogP contribution is 2.23. The van der Waals surface area contributed by atoms with Crippen LogP contribution in [0.25, 0.3) is 0 Å². The van der Waals surface area contributed by atoms with E-state index < -0.39 is 0 Å². The van der Waals surface area contributed by atoms with Gasteiger partial charge in [0.1, 0.15) is 11.4 Å². The molecule has 0 atom stereocenters. The molecule has 0 aliphatic rings. The van der Waals surface area contributed by atoms with Crippen LogP contribution in [0.1, 0.15) is 24.3 Å². The van der Waals surface area contributed by atoms with Crippen molar-refractivity contribution in [2.75, 3.05) is 12.4 Å². The molecule has 0 aliphatic heterocycles. The fourth-order valence-electron chi connectivity index (χ4n) is 1.98. The van der Waals surface area contributed by atoms with Crippen molar-refractivity contribution in [2.45, 2.75) is 20.4 Å². The lowest BCUT2D eigenvalue weighted by molar-refractivity contribution is 0.101. The minimum atomic E-state index is -0.387. The van der Waals surface area contributed by atoms with Gasteiger partial charge in [-0.05, 0) is 24.1 Å². The standard InChI is InChI=1S/C16H19N3O3/c1-11(2)10-19-15(20)9-8-13(18-19)16(21)17-12-6-4-5-7-14(12)22-3/h4-9,11H,10H2,1-3H3,(H,17,21). The third kappa shape index (κ3) is 3.72. The maximum absolute atomic E-state index is 12.3. The van der Waals surface area contributed by atoms with E-state index in [-0.39, 0.29) is 23.1 Å². The topological polar surface area (TPSA) is 73.2 Å². The lowest BCUT2D eigenvalue weighted by Crippen LogP contribution is -2.27. The van der Waals surface area contributed by atoms with Crippen molar-refractivity contribution in [3.8, 4) is 5.75 Å². The lowest BCUT2D eigenvalue weighted by atomic mass is 10.2. The third-order valence-corrected chi connectivity index (χ3v) is 2.99. The number of carbonyl (C=O) groups excluding carboxylic acids is 1. The highest BCUT2D eigenvalue weighted by molar-refractivity contribution is 6.03. The Kier molecular flexibility index (Phi) is 4.93. The van der Waals surface area contributed by atoms with E-state index in [0.29, 0.717) is 18.0 Å². The summed E-state index contributed by atoms with van der Waals surface area (Å²) in [6, 6.07) is 9.88. The summed E-state index contributed by atoms with van der Waals surface area (Å²) in [5.74, 6) is 0.436. The molecule has 0 bridgehead atoms. The average Bonchev–Trinajstić information content (AvgIpc) is 2.49. The fraction of sp³-hybridized carbons (Fsp3) is 0.312. The Morgan fingerprint density at radius 3 is 2.68 bits per heavy atom. The average molecular weight is 301 g/mol. The largest absolute Gasteiger partial charge is 0.495 e. The first kappa shape index (κ1) is 15.8. The number of benzene rings is 1. The molecule has 0 aliphatic carbocycles. The van der Waals surface area contributed by atoms with E-state index in [1.807, 2.05) is 19.9 Å². The molecule has 1 N–H and O–H groups in total. The van der Waals surface area contributed by atoms with Crippen LogP contribution in [0.5, 0.6) is 5.75 Å². The summed E-state index contributed by atoms with van der Waals surface area (Å²) in [7, 11) is 1.53. The number of anilines is 1. The van der Waals surface area contributed by atoms with Gasteiger partial charge in [0.25, 0.3) is 11.5 Å². The Labute approximate surface area is 128 Å². The SMILES string of the molecule is COc1ccccc1NC(=O)c1ccc(=O)n(CC(C)C)n1. The molecule has 0 unspecified atom stereocenters. The number of hydrogen-bond donors (Lipinski definition) is 1. The van der Waals surface area contributed by atoms with E-state index in [0.717, 1.165) is 0 Å². The molecule has 6 heteroatoms. The van der Waals surface area contributed by atoms with Crippen molar-refractivity contribution in [3.05, 3.63) is 52.4 Å². The number of hydrogen-bond acceptors (Lipinski definition) is 4. The van der Waals surface area contributed by atoms with Gasteiger partial charge in [-0.1, -0.05) is 26.0 Å². The van der Waals surface area contributed by atoms with E-state index in [1.54, 1.807) is 18.2 Å². The van der Waals surface area contributed by atoms with Gasteiger partial charge < -0.3 is 10.1 Å². The van der Waals surface area contributed by atoms with Crippen LogP contribution in [0.2, 0.25) is 0 Å². The number of methoxy groups -OCH3 is 1. The monoisotopic (exact) mass is 301 g/mol. The van der Waals surface area contributed by atoms with Crippen molar-refractivity contribution in [2.24, 2.45) is 5.92 Å². The van der Waals surface area contributed by atoms with Crippen molar-refractivity contribution < 1.29 is 9.53 Å². The summed E-state index contributed by atoms with van der Waals surface area (Å²) in [5.41, 5.74) is 0.520. The molecule has 0 spiro atoms. The van der Waals surface area contributed by atoms with Crippen molar-refractivity contribution in [1.82, 2.24) is 9.78 Å². The van der Waals surface area contributed by atoms with E-state index in [2.05, 4.69) is 10.4 Å². The predicted molar refractivity (Wildman–Crippen MR) is 84.3 cm³/mol. The number of carbonyl (C=O) groups is 1. The first-order chi connectivity index (χ1) is 10.5. The normalized spacial score (nSPS) is 10.5. The number of para-hydroxylation sites is 2. The first-order valence-corrected chi connectivity index (χ1v) is 7.04.